The highest BCUT2D eigenvalue weighted by Gasteiger charge is 2.19. The van der Waals surface area contributed by atoms with E-state index in [4.69, 9.17) is 4.74 Å². The van der Waals surface area contributed by atoms with E-state index >= 15 is 0 Å². The largest absolute Gasteiger partial charge is 0.379 e. The first-order chi connectivity index (χ1) is 14.8. The second-order valence-corrected chi connectivity index (χ2v) is 9.19. The Morgan fingerprint density at radius 1 is 0.833 bits per heavy atom. The van der Waals surface area contributed by atoms with E-state index in [-0.39, 0.29) is 0 Å². The van der Waals surface area contributed by atoms with E-state index < -0.39 is 0 Å². The normalized spacial score (nSPS) is 16.5. The van der Waals surface area contributed by atoms with Gasteiger partial charge in [0.15, 0.2) is 0 Å². The number of hydrogen-bond donors (Lipinski definition) is 0. The summed E-state index contributed by atoms with van der Waals surface area (Å²) in [7, 11) is 0. The lowest BCUT2D eigenvalue weighted by atomic mass is 9.92. The molecule has 0 aromatic heterocycles. The van der Waals surface area contributed by atoms with Crippen LogP contribution in [0.5, 0.6) is 0 Å². The van der Waals surface area contributed by atoms with E-state index in [9.17, 15) is 0 Å². The van der Waals surface area contributed by atoms with E-state index in [1.807, 2.05) is 11.9 Å². The van der Waals surface area contributed by atoms with Crippen LogP contribution in [0.25, 0.3) is 11.6 Å². The molecule has 3 heteroatoms. The topological polar surface area (TPSA) is 12.5 Å². The molecule has 1 heterocycles. The van der Waals surface area contributed by atoms with Crippen LogP contribution in [0.15, 0.2) is 71.6 Å². The van der Waals surface area contributed by atoms with Crippen LogP contribution in [0.3, 0.4) is 0 Å². The Hall–Kier alpha value is -2.33. The number of ether oxygens (including phenoxy) is 1. The van der Waals surface area contributed by atoms with Crippen molar-refractivity contribution in [1.29, 1.82) is 0 Å². The summed E-state index contributed by atoms with van der Waals surface area (Å²) in [5.41, 5.74) is 9.54. The van der Waals surface area contributed by atoms with E-state index in [1.165, 1.54) is 43.8 Å². The Morgan fingerprint density at radius 2 is 1.47 bits per heavy atom. The quantitative estimate of drug-likeness (QED) is 0.487. The molecule has 1 aliphatic carbocycles. The highest BCUT2D eigenvalue weighted by molar-refractivity contribution is 7.97. The molecule has 0 atom stereocenters. The van der Waals surface area contributed by atoms with Gasteiger partial charge in [-0.3, -0.25) is 0 Å². The minimum absolute atomic E-state index is 0.815. The van der Waals surface area contributed by atoms with E-state index in [0.29, 0.717) is 0 Å². The maximum absolute atomic E-state index is 5.54. The summed E-state index contributed by atoms with van der Waals surface area (Å²) in [5, 5.41) is 0. The molecule has 0 amide bonds. The Kier molecular flexibility index (Phi) is 5.76. The number of benzene rings is 3. The van der Waals surface area contributed by atoms with Crippen LogP contribution in [0, 0.1) is 6.92 Å². The molecule has 0 N–H and O–H groups in total. The van der Waals surface area contributed by atoms with Gasteiger partial charge in [0.1, 0.15) is 0 Å². The monoisotopic (exact) mass is 413 g/mol. The highest BCUT2D eigenvalue weighted by atomic mass is 32.2. The van der Waals surface area contributed by atoms with Crippen molar-refractivity contribution in [2.75, 3.05) is 26.3 Å². The second-order valence-electron chi connectivity index (χ2n) is 8.05. The van der Waals surface area contributed by atoms with Gasteiger partial charge < -0.3 is 4.74 Å². The lowest BCUT2D eigenvalue weighted by molar-refractivity contribution is 0.0773. The first kappa shape index (κ1) is 19.6. The van der Waals surface area contributed by atoms with Crippen LogP contribution >= 0.6 is 11.9 Å². The Balaban J connectivity index is 1.63. The molecule has 3 aromatic carbocycles. The van der Waals surface area contributed by atoms with Crippen LogP contribution in [-0.2, 0) is 17.6 Å². The average molecular weight is 414 g/mol. The van der Waals surface area contributed by atoms with Crippen LogP contribution in [-0.4, -0.2) is 30.6 Å². The summed E-state index contributed by atoms with van der Waals surface area (Å²) < 4.78 is 7.96. The zero-order valence-electron chi connectivity index (χ0n) is 17.4. The van der Waals surface area contributed by atoms with Gasteiger partial charge in [0.25, 0.3) is 0 Å². The molecule has 0 radical (unpaired) electrons. The Morgan fingerprint density at radius 3 is 2.13 bits per heavy atom. The predicted molar refractivity (Wildman–Crippen MR) is 127 cm³/mol. The van der Waals surface area contributed by atoms with Gasteiger partial charge in [-0.25, -0.2) is 4.31 Å². The van der Waals surface area contributed by atoms with Gasteiger partial charge in [-0.1, -0.05) is 60.7 Å². The Labute approximate surface area is 183 Å². The number of aryl methyl sites for hydroxylation is 3. The minimum Gasteiger partial charge on any atom is -0.379 e. The van der Waals surface area contributed by atoms with Gasteiger partial charge in [-0.15, -0.1) is 0 Å². The SMILES string of the molecule is Cc1ccc(C=C2c3ccccc3CCc3ccccc32)c(SN2CCOCC2)c1. The third-order valence-electron chi connectivity index (χ3n) is 5.95. The standard InChI is InChI=1S/C27H27NOS/c1-20-10-11-23(27(18-20)30-28-14-16-29-17-15-28)19-26-24-8-4-2-6-21(24)12-13-22-7-3-5-9-25(22)26/h2-11,18-19H,12-17H2,1H3. The highest BCUT2D eigenvalue weighted by Crippen LogP contribution is 2.37. The second kappa shape index (κ2) is 8.81. The number of morpholine rings is 1. The molecule has 1 saturated heterocycles. The summed E-state index contributed by atoms with van der Waals surface area (Å²) in [4.78, 5) is 1.32. The zero-order valence-corrected chi connectivity index (χ0v) is 18.3. The molecule has 0 spiro atoms. The fraction of sp³-hybridized carbons (Fsp3) is 0.259. The van der Waals surface area contributed by atoms with Gasteiger partial charge in [0.05, 0.1) is 13.2 Å². The molecule has 1 fully saturated rings. The lowest BCUT2D eigenvalue weighted by Crippen LogP contribution is -2.30. The fourth-order valence-corrected chi connectivity index (χ4v) is 5.43. The third-order valence-corrected chi connectivity index (χ3v) is 7.12. The maximum Gasteiger partial charge on any atom is 0.0603 e. The van der Waals surface area contributed by atoms with E-state index in [2.05, 4.69) is 84.0 Å². The number of fused-ring (bicyclic) bond motifs is 2. The average Bonchev–Trinajstić information content (AvgIpc) is 2.94. The van der Waals surface area contributed by atoms with Crippen LogP contribution in [0.1, 0.15) is 33.4 Å². The molecule has 30 heavy (non-hydrogen) atoms. The van der Waals surface area contributed by atoms with Crippen molar-refractivity contribution in [2.45, 2.75) is 24.7 Å². The predicted octanol–water partition coefficient (Wildman–Crippen LogP) is 6.02. The smallest absolute Gasteiger partial charge is 0.0603 e. The summed E-state index contributed by atoms with van der Waals surface area (Å²) in [6.07, 6.45) is 4.59. The molecule has 1 aliphatic heterocycles. The number of nitrogens with zero attached hydrogens (tertiary/aromatic N) is 1. The van der Waals surface area contributed by atoms with Crippen LogP contribution < -0.4 is 0 Å². The zero-order chi connectivity index (χ0) is 20.3. The van der Waals surface area contributed by atoms with Crippen molar-refractivity contribution in [3.8, 4) is 0 Å². The van der Waals surface area contributed by atoms with Crippen molar-refractivity contribution in [2.24, 2.45) is 0 Å². The van der Waals surface area contributed by atoms with Crippen molar-refractivity contribution in [1.82, 2.24) is 4.31 Å². The van der Waals surface area contributed by atoms with Gasteiger partial charge in [0, 0.05) is 18.0 Å². The van der Waals surface area contributed by atoms with Crippen LogP contribution in [0.4, 0.5) is 0 Å². The van der Waals surface area contributed by atoms with Crippen molar-refractivity contribution in [3.05, 3.63) is 100 Å². The van der Waals surface area contributed by atoms with Crippen LogP contribution in [0.2, 0.25) is 0 Å². The van der Waals surface area contributed by atoms with Gasteiger partial charge in [0.2, 0.25) is 0 Å². The summed E-state index contributed by atoms with van der Waals surface area (Å²) in [5.74, 6) is 0. The fourth-order valence-electron chi connectivity index (χ4n) is 4.34. The van der Waals surface area contributed by atoms with E-state index in [0.717, 1.165) is 39.1 Å². The van der Waals surface area contributed by atoms with Crippen molar-refractivity contribution in [3.63, 3.8) is 0 Å². The molecule has 5 rings (SSSR count). The van der Waals surface area contributed by atoms with Gasteiger partial charge in [-0.2, -0.15) is 0 Å². The molecular formula is C27H27NOS. The molecule has 0 bridgehead atoms. The Bertz CT molecular complexity index is 1030. The number of rotatable bonds is 3. The maximum atomic E-state index is 5.54. The molecule has 2 aliphatic rings. The summed E-state index contributed by atoms with van der Waals surface area (Å²) in [6, 6.07) is 24.6. The van der Waals surface area contributed by atoms with E-state index in [1.54, 1.807) is 0 Å². The molecule has 0 unspecified atom stereocenters. The molecule has 2 nitrogen and oxygen atoms in total. The van der Waals surface area contributed by atoms with Crippen molar-refractivity contribution < 1.29 is 4.74 Å². The molecule has 152 valence electrons. The van der Waals surface area contributed by atoms with Crippen molar-refractivity contribution >= 4 is 23.6 Å². The summed E-state index contributed by atoms with van der Waals surface area (Å²) >= 11 is 1.87. The van der Waals surface area contributed by atoms with Gasteiger partial charge in [-0.05, 0) is 82.8 Å². The minimum atomic E-state index is 0.815. The molecule has 3 aromatic rings. The molecule has 0 saturated carbocycles. The number of hydrogen-bond acceptors (Lipinski definition) is 3. The van der Waals surface area contributed by atoms with Gasteiger partial charge >= 0.3 is 0 Å². The lowest BCUT2D eigenvalue weighted by Gasteiger charge is -2.26. The first-order valence-electron chi connectivity index (χ1n) is 10.8. The molecular weight excluding hydrogens is 386 g/mol. The third kappa shape index (κ3) is 4.11. The summed E-state index contributed by atoms with van der Waals surface area (Å²) in [6.45, 7) is 5.75. The first-order valence-corrected chi connectivity index (χ1v) is 11.5.